The molecule has 0 bridgehead atoms. The quantitative estimate of drug-likeness (QED) is 0.210. The van der Waals surface area contributed by atoms with Crippen LogP contribution >= 0.6 is 0 Å². The van der Waals surface area contributed by atoms with Crippen LogP contribution in [0.3, 0.4) is 0 Å². The molecule has 8 rings (SSSR count). The first-order valence-corrected chi connectivity index (χ1v) is 14.2. The number of aromatic nitrogens is 2. The molecule has 2 heteroatoms. The van der Waals surface area contributed by atoms with Gasteiger partial charge < -0.3 is 0 Å². The molecule has 2 nitrogen and oxygen atoms in total. The predicted molar refractivity (Wildman–Crippen MR) is 176 cm³/mol. The van der Waals surface area contributed by atoms with Crippen LogP contribution in [0.25, 0.3) is 77.0 Å². The van der Waals surface area contributed by atoms with Gasteiger partial charge in [-0.25, -0.2) is 0 Å². The molecule has 42 heavy (non-hydrogen) atoms. The van der Waals surface area contributed by atoms with Gasteiger partial charge in [0.1, 0.15) is 0 Å². The van der Waals surface area contributed by atoms with Crippen LogP contribution in [0.1, 0.15) is 0 Å². The van der Waals surface area contributed by atoms with Gasteiger partial charge >= 0.3 is 0 Å². The number of pyridine rings is 2. The Bertz CT molecular complexity index is 2160. The molecular formula is C40H26N2. The Hall–Kier alpha value is -5.60. The zero-order valence-corrected chi connectivity index (χ0v) is 22.9. The monoisotopic (exact) mass is 534 g/mol. The van der Waals surface area contributed by atoms with Crippen LogP contribution in [0, 0.1) is 0 Å². The first-order valence-electron chi connectivity index (χ1n) is 14.2. The summed E-state index contributed by atoms with van der Waals surface area (Å²) < 4.78 is 0. The van der Waals surface area contributed by atoms with Gasteiger partial charge in [0.05, 0.1) is 5.69 Å². The van der Waals surface area contributed by atoms with Gasteiger partial charge in [-0.1, -0.05) is 121 Å². The number of rotatable bonds is 4. The Morgan fingerprint density at radius 1 is 0.333 bits per heavy atom. The molecule has 0 saturated carbocycles. The second-order valence-corrected chi connectivity index (χ2v) is 10.6. The fraction of sp³-hybridized carbons (Fsp3) is 0. The molecular weight excluding hydrogens is 508 g/mol. The highest BCUT2D eigenvalue weighted by Crippen LogP contribution is 2.46. The Labute approximate surface area is 244 Å². The molecule has 0 fully saturated rings. The molecule has 0 amide bonds. The van der Waals surface area contributed by atoms with Gasteiger partial charge in [-0.2, -0.15) is 0 Å². The molecule has 0 aliphatic carbocycles. The summed E-state index contributed by atoms with van der Waals surface area (Å²) in [6.45, 7) is 0. The minimum absolute atomic E-state index is 0.982. The lowest BCUT2D eigenvalue weighted by molar-refractivity contribution is 1.33. The third-order valence-electron chi connectivity index (χ3n) is 8.23. The molecule has 8 aromatic rings. The molecule has 0 spiro atoms. The summed E-state index contributed by atoms with van der Waals surface area (Å²) in [6, 6.07) is 49.9. The van der Waals surface area contributed by atoms with Crippen LogP contribution in [0.4, 0.5) is 0 Å². The van der Waals surface area contributed by atoms with Gasteiger partial charge in [-0.05, 0) is 78.3 Å². The molecule has 6 aromatic carbocycles. The summed E-state index contributed by atoms with van der Waals surface area (Å²) in [5.41, 5.74) is 9.38. The molecule has 0 atom stereocenters. The van der Waals surface area contributed by atoms with E-state index < -0.39 is 0 Å². The van der Waals surface area contributed by atoms with E-state index >= 15 is 0 Å². The maximum atomic E-state index is 4.54. The van der Waals surface area contributed by atoms with Crippen molar-refractivity contribution in [3.05, 3.63) is 158 Å². The van der Waals surface area contributed by atoms with Crippen molar-refractivity contribution < 1.29 is 0 Å². The van der Waals surface area contributed by atoms with Gasteiger partial charge in [0, 0.05) is 29.7 Å². The zero-order chi connectivity index (χ0) is 27.9. The van der Waals surface area contributed by atoms with Gasteiger partial charge in [0.15, 0.2) is 0 Å². The van der Waals surface area contributed by atoms with E-state index in [2.05, 4.69) is 131 Å². The summed E-state index contributed by atoms with van der Waals surface area (Å²) in [5, 5.41) is 7.46. The molecule has 196 valence electrons. The predicted octanol–water partition coefficient (Wildman–Crippen LogP) is 10.6. The van der Waals surface area contributed by atoms with Crippen LogP contribution in [0.2, 0.25) is 0 Å². The fourth-order valence-electron chi connectivity index (χ4n) is 6.37. The Morgan fingerprint density at radius 2 is 0.905 bits per heavy atom. The van der Waals surface area contributed by atoms with Crippen molar-refractivity contribution >= 4 is 32.3 Å². The summed E-state index contributed by atoms with van der Waals surface area (Å²) in [6.07, 6.45) is 5.61. The van der Waals surface area contributed by atoms with E-state index in [0.717, 1.165) is 16.8 Å². The summed E-state index contributed by atoms with van der Waals surface area (Å²) in [4.78, 5) is 8.93. The Morgan fingerprint density at radius 3 is 1.52 bits per heavy atom. The van der Waals surface area contributed by atoms with E-state index in [-0.39, 0.29) is 0 Å². The third-order valence-corrected chi connectivity index (χ3v) is 8.23. The maximum absolute atomic E-state index is 4.54. The highest BCUT2D eigenvalue weighted by molar-refractivity contribution is 6.24. The van der Waals surface area contributed by atoms with Crippen LogP contribution in [0.5, 0.6) is 0 Å². The SMILES string of the molecule is c1ccc(-c2ccc(-c3c4ccccc4c(-c4cccc5c(-c6cccnc6)cccc45)c4ccccc34)cc2)nc1. The van der Waals surface area contributed by atoms with E-state index in [0.29, 0.717) is 0 Å². The van der Waals surface area contributed by atoms with Crippen molar-refractivity contribution in [2.24, 2.45) is 0 Å². The van der Waals surface area contributed by atoms with Crippen LogP contribution < -0.4 is 0 Å². The second kappa shape index (κ2) is 10.1. The van der Waals surface area contributed by atoms with E-state index in [1.165, 1.54) is 60.1 Å². The minimum atomic E-state index is 0.982. The molecule has 0 radical (unpaired) electrons. The van der Waals surface area contributed by atoms with E-state index in [9.17, 15) is 0 Å². The highest BCUT2D eigenvalue weighted by Gasteiger charge is 2.18. The van der Waals surface area contributed by atoms with Crippen molar-refractivity contribution in [3.63, 3.8) is 0 Å². The normalized spacial score (nSPS) is 11.3. The lowest BCUT2D eigenvalue weighted by Crippen LogP contribution is -1.92. The third kappa shape index (κ3) is 3.96. The van der Waals surface area contributed by atoms with Crippen LogP contribution in [-0.4, -0.2) is 9.97 Å². The number of hydrogen-bond donors (Lipinski definition) is 0. The van der Waals surface area contributed by atoms with Gasteiger partial charge in [0.2, 0.25) is 0 Å². The Kier molecular flexibility index (Phi) is 5.82. The largest absolute Gasteiger partial charge is 0.264 e. The number of hydrogen-bond acceptors (Lipinski definition) is 2. The van der Waals surface area contributed by atoms with E-state index in [4.69, 9.17) is 0 Å². The highest BCUT2D eigenvalue weighted by atomic mass is 14.7. The molecule has 0 aliphatic rings. The number of fused-ring (bicyclic) bond motifs is 3. The van der Waals surface area contributed by atoms with E-state index in [1.807, 2.05) is 36.8 Å². The first-order chi connectivity index (χ1) is 20.9. The minimum Gasteiger partial charge on any atom is -0.264 e. The van der Waals surface area contributed by atoms with Crippen LogP contribution in [-0.2, 0) is 0 Å². The van der Waals surface area contributed by atoms with Gasteiger partial charge in [-0.15, -0.1) is 0 Å². The standard InChI is InChI=1S/C40H26N2/c1-3-13-36-34(11-1)39(28-22-20-27(21-23-28)38-19-5-6-25-42-38)35-12-2-4-14-37(35)40(36)33-18-8-16-31-30(15-7-17-32(31)33)29-10-9-24-41-26-29/h1-26H. The average molecular weight is 535 g/mol. The average Bonchev–Trinajstić information content (AvgIpc) is 3.07. The number of benzene rings is 6. The second-order valence-electron chi connectivity index (χ2n) is 10.6. The van der Waals surface area contributed by atoms with Crippen molar-refractivity contribution in [1.29, 1.82) is 0 Å². The summed E-state index contributed by atoms with van der Waals surface area (Å²) >= 11 is 0. The number of nitrogens with zero attached hydrogens (tertiary/aromatic N) is 2. The lowest BCUT2D eigenvalue weighted by atomic mass is 9.84. The fourth-order valence-corrected chi connectivity index (χ4v) is 6.37. The van der Waals surface area contributed by atoms with Gasteiger partial charge in [0.25, 0.3) is 0 Å². The molecule has 0 saturated heterocycles. The van der Waals surface area contributed by atoms with Crippen molar-refractivity contribution in [3.8, 4) is 44.6 Å². The molecule has 0 unspecified atom stereocenters. The van der Waals surface area contributed by atoms with Gasteiger partial charge in [-0.3, -0.25) is 9.97 Å². The van der Waals surface area contributed by atoms with Crippen molar-refractivity contribution in [2.75, 3.05) is 0 Å². The zero-order valence-electron chi connectivity index (χ0n) is 22.9. The van der Waals surface area contributed by atoms with Crippen LogP contribution in [0.15, 0.2) is 158 Å². The molecule has 2 aromatic heterocycles. The molecule has 2 heterocycles. The summed E-state index contributed by atoms with van der Waals surface area (Å²) in [7, 11) is 0. The summed E-state index contributed by atoms with van der Waals surface area (Å²) in [5.74, 6) is 0. The van der Waals surface area contributed by atoms with E-state index in [1.54, 1.807) is 0 Å². The first kappa shape index (κ1) is 24.2. The topological polar surface area (TPSA) is 25.8 Å². The van der Waals surface area contributed by atoms with Crippen molar-refractivity contribution in [2.45, 2.75) is 0 Å². The van der Waals surface area contributed by atoms with Crippen molar-refractivity contribution in [1.82, 2.24) is 9.97 Å². The molecule has 0 N–H and O–H groups in total. The molecule has 0 aliphatic heterocycles. The smallest absolute Gasteiger partial charge is 0.0701 e. The lowest BCUT2D eigenvalue weighted by Gasteiger charge is -2.19. The maximum Gasteiger partial charge on any atom is 0.0701 e. The Balaban J connectivity index is 1.40.